The van der Waals surface area contributed by atoms with Gasteiger partial charge in [0.25, 0.3) is 5.91 Å². The van der Waals surface area contributed by atoms with E-state index in [1.54, 1.807) is 23.9 Å². The van der Waals surface area contributed by atoms with Crippen molar-refractivity contribution in [3.63, 3.8) is 0 Å². The molecule has 8 nitrogen and oxygen atoms in total. The summed E-state index contributed by atoms with van der Waals surface area (Å²) >= 11 is 5.88. The number of carbonyl (C=O) groups excluding carboxylic acids is 1. The molecule has 2 heterocycles. The van der Waals surface area contributed by atoms with Crippen LogP contribution in [0.25, 0.3) is 11.3 Å². The van der Waals surface area contributed by atoms with Crippen LogP contribution in [0.2, 0.25) is 5.02 Å². The zero-order chi connectivity index (χ0) is 21.3. The Morgan fingerprint density at radius 3 is 2.79 bits per heavy atom. The van der Waals surface area contributed by atoms with Crippen LogP contribution >= 0.6 is 11.6 Å². The van der Waals surface area contributed by atoms with Gasteiger partial charge in [0.1, 0.15) is 12.2 Å². The number of carbonyl (C=O) groups is 1. The van der Waals surface area contributed by atoms with Crippen LogP contribution < -0.4 is 5.73 Å². The molecule has 1 aromatic carbocycles. The van der Waals surface area contributed by atoms with Gasteiger partial charge in [-0.2, -0.15) is 10.4 Å². The van der Waals surface area contributed by atoms with Crippen molar-refractivity contribution in [3.05, 3.63) is 57.8 Å². The first kappa shape index (κ1) is 20.5. The molecule has 1 unspecified atom stereocenters. The molecule has 3 rings (SSSR count). The molecule has 1 amide bonds. The molecule has 0 aliphatic rings. The average molecular weight is 418 g/mol. The molecular formula is C19H17ClFN5O3. The first-order valence-corrected chi connectivity index (χ1v) is 9.01. The normalized spacial score (nSPS) is 13.1. The highest BCUT2D eigenvalue weighted by Gasteiger charge is 2.27. The highest BCUT2D eigenvalue weighted by Crippen LogP contribution is 2.31. The Balaban J connectivity index is 1.90. The summed E-state index contributed by atoms with van der Waals surface area (Å²) in [6.45, 7) is 3.57. The number of aliphatic hydroxyl groups is 1. The van der Waals surface area contributed by atoms with Gasteiger partial charge in [-0.05, 0) is 25.1 Å². The molecule has 10 heteroatoms. The molecule has 0 fully saturated rings. The minimum atomic E-state index is -0.976. The lowest BCUT2D eigenvalue weighted by atomic mass is 9.96. The second-order valence-electron chi connectivity index (χ2n) is 6.57. The molecule has 0 saturated heterocycles. The molecule has 0 aliphatic heterocycles. The number of nitrogens with two attached hydrogens (primary N) is 1. The maximum absolute atomic E-state index is 14.5. The Kier molecular flexibility index (Phi) is 5.68. The van der Waals surface area contributed by atoms with Crippen molar-refractivity contribution < 1.29 is 18.8 Å². The minimum absolute atomic E-state index is 0.0399. The summed E-state index contributed by atoms with van der Waals surface area (Å²) in [5, 5.41) is 26.6. The SMILES string of the molecule is CC(O)c1onc(C(N)=O)c1[C@H](C)Cn1ccc(-c2ccc(C#N)c(Cl)c2F)n1. The van der Waals surface area contributed by atoms with Crippen LogP contribution in [0.5, 0.6) is 0 Å². The maximum atomic E-state index is 14.5. The van der Waals surface area contributed by atoms with Gasteiger partial charge < -0.3 is 15.4 Å². The van der Waals surface area contributed by atoms with Crippen molar-refractivity contribution >= 4 is 17.5 Å². The summed E-state index contributed by atoms with van der Waals surface area (Å²) in [7, 11) is 0. The first-order chi connectivity index (χ1) is 13.7. The van der Waals surface area contributed by atoms with Crippen LogP contribution in [0, 0.1) is 17.1 Å². The third-order valence-corrected chi connectivity index (χ3v) is 4.81. The molecule has 3 aromatic rings. The van der Waals surface area contributed by atoms with Crippen molar-refractivity contribution in [1.82, 2.24) is 14.9 Å². The third kappa shape index (κ3) is 3.85. The molecule has 0 radical (unpaired) electrons. The Morgan fingerprint density at radius 2 is 2.17 bits per heavy atom. The van der Waals surface area contributed by atoms with Gasteiger partial charge in [-0.15, -0.1) is 0 Å². The number of aromatic nitrogens is 3. The van der Waals surface area contributed by atoms with Crippen LogP contribution in [-0.4, -0.2) is 26.0 Å². The molecule has 0 aliphatic carbocycles. The molecule has 0 saturated carbocycles. The van der Waals surface area contributed by atoms with Gasteiger partial charge >= 0.3 is 0 Å². The fourth-order valence-corrected chi connectivity index (χ4v) is 3.28. The van der Waals surface area contributed by atoms with E-state index in [2.05, 4.69) is 10.3 Å². The second-order valence-corrected chi connectivity index (χ2v) is 6.95. The fraction of sp³-hybridized carbons (Fsp3) is 0.263. The summed E-state index contributed by atoms with van der Waals surface area (Å²) in [6, 6.07) is 6.28. The number of amides is 1. The van der Waals surface area contributed by atoms with E-state index in [0.29, 0.717) is 11.3 Å². The number of rotatable bonds is 6. The third-order valence-electron chi connectivity index (χ3n) is 4.44. The van der Waals surface area contributed by atoms with Gasteiger partial charge in [0, 0.05) is 29.8 Å². The van der Waals surface area contributed by atoms with Crippen LogP contribution in [0.1, 0.15) is 53.2 Å². The van der Waals surface area contributed by atoms with Crippen LogP contribution in [0.15, 0.2) is 28.9 Å². The van der Waals surface area contributed by atoms with E-state index in [1.807, 2.05) is 6.07 Å². The summed E-state index contributed by atoms with van der Waals surface area (Å²) in [6.07, 6.45) is 0.660. The van der Waals surface area contributed by atoms with E-state index >= 15 is 0 Å². The lowest BCUT2D eigenvalue weighted by molar-refractivity contribution is 0.0989. The van der Waals surface area contributed by atoms with Crippen molar-refractivity contribution in [1.29, 1.82) is 5.26 Å². The fourth-order valence-electron chi connectivity index (χ4n) is 3.08. The lowest BCUT2D eigenvalue weighted by Crippen LogP contribution is -2.17. The number of nitrogens with zero attached hydrogens (tertiary/aromatic N) is 4. The van der Waals surface area contributed by atoms with Crippen LogP contribution in [0.3, 0.4) is 0 Å². The predicted octanol–water partition coefficient (Wildman–Crippen LogP) is 3.16. The predicted molar refractivity (Wildman–Crippen MR) is 101 cm³/mol. The zero-order valence-corrected chi connectivity index (χ0v) is 16.3. The van der Waals surface area contributed by atoms with Gasteiger partial charge in [0.05, 0.1) is 16.3 Å². The number of halogens is 2. The maximum Gasteiger partial charge on any atom is 0.271 e. The zero-order valence-electron chi connectivity index (χ0n) is 15.6. The molecule has 0 bridgehead atoms. The molecule has 2 atom stereocenters. The monoisotopic (exact) mass is 417 g/mol. The highest BCUT2D eigenvalue weighted by molar-refractivity contribution is 6.32. The Morgan fingerprint density at radius 1 is 1.45 bits per heavy atom. The topological polar surface area (TPSA) is 131 Å². The van der Waals surface area contributed by atoms with Crippen molar-refractivity contribution in [3.8, 4) is 17.3 Å². The lowest BCUT2D eigenvalue weighted by Gasteiger charge is -2.13. The number of aliphatic hydroxyl groups excluding tert-OH is 1. The quantitative estimate of drug-likeness (QED) is 0.633. The average Bonchev–Trinajstić information content (AvgIpc) is 3.31. The summed E-state index contributed by atoms with van der Waals surface area (Å²) < 4.78 is 21.1. The second kappa shape index (κ2) is 8.03. The first-order valence-electron chi connectivity index (χ1n) is 8.63. The van der Waals surface area contributed by atoms with Gasteiger partial charge in [-0.3, -0.25) is 9.48 Å². The van der Waals surface area contributed by atoms with Gasteiger partial charge in [-0.1, -0.05) is 23.7 Å². The number of benzene rings is 1. The highest BCUT2D eigenvalue weighted by atomic mass is 35.5. The van der Waals surface area contributed by atoms with Crippen molar-refractivity contribution in [2.75, 3.05) is 0 Å². The van der Waals surface area contributed by atoms with E-state index in [0.717, 1.165) is 0 Å². The Labute approximate surface area is 170 Å². The standard InChI is InChI=1S/C19H17ClFN5O3/c1-9(14-17(19(23)28)25-29-18(14)10(2)27)8-26-6-5-13(24-26)12-4-3-11(7-22)15(20)16(12)21/h3-6,9-10,27H,8H2,1-2H3,(H2,23,28)/t9-,10?/m1/s1. The van der Waals surface area contributed by atoms with Crippen molar-refractivity contribution in [2.45, 2.75) is 32.4 Å². The Bertz CT molecular complexity index is 1120. The molecule has 29 heavy (non-hydrogen) atoms. The number of nitriles is 1. The summed E-state index contributed by atoms with van der Waals surface area (Å²) in [4.78, 5) is 11.6. The van der Waals surface area contributed by atoms with Gasteiger partial charge in [-0.25, -0.2) is 4.39 Å². The number of primary amides is 1. The van der Waals surface area contributed by atoms with E-state index < -0.39 is 17.8 Å². The van der Waals surface area contributed by atoms with Crippen LogP contribution in [0.4, 0.5) is 4.39 Å². The summed E-state index contributed by atoms with van der Waals surface area (Å²) in [5.41, 5.74) is 6.23. The molecule has 2 aromatic heterocycles. The molecular weight excluding hydrogens is 401 g/mol. The number of hydrogen-bond donors (Lipinski definition) is 2. The molecule has 3 N–H and O–H groups in total. The van der Waals surface area contributed by atoms with Gasteiger partial charge in [0.2, 0.25) is 0 Å². The number of hydrogen-bond acceptors (Lipinski definition) is 6. The minimum Gasteiger partial charge on any atom is -0.385 e. The Hall–Kier alpha value is -3.22. The largest absolute Gasteiger partial charge is 0.385 e. The molecule has 0 spiro atoms. The van der Waals surface area contributed by atoms with Crippen LogP contribution in [-0.2, 0) is 6.54 Å². The molecule has 150 valence electrons. The van der Waals surface area contributed by atoms with E-state index in [1.165, 1.54) is 19.1 Å². The van der Waals surface area contributed by atoms with E-state index in [9.17, 15) is 14.3 Å². The van der Waals surface area contributed by atoms with E-state index in [-0.39, 0.29) is 40.1 Å². The van der Waals surface area contributed by atoms with Crippen molar-refractivity contribution in [2.24, 2.45) is 5.73 Å². The smallest absolute Gasteiger partial charge is 0.271 e. The van der Waals surface area contributed by atoms with E-state index in [4.69, 9.17) is 27.1 Å². The van der Waals surface area contributed by atoms with Gasteiger partial charge in [0.15, 0.2) is 17.3 Å². The summed E-state index contributed by atoms with van der Waals surface area (Å²) in [5.74, 6) is -1.67.